The first-order chi connectivity index (χ1) is 28.9. The predicted octanol–water partition coefficient (Wildman–Crippen LogP) is -1.03. The molecule has 0 bridgehead atoms. The molecule has 0 aliphatic heterocycles. The Kier molecular flexibility index (Phi) is 23.1. The highest BCUT2D eigenvalue weighted by Crippen LogP contribution is 2.19. The zero-order valence-corrected chi connectivity index (χ0v) is 38.2. The van der Waals surface area contributed by atoms with Crippen LogP contribution in [-0.2, 0) is 49.4 Å². The number of carboxylic acids is 2. The molecule has 0 aromatic heterocycles. The van der Waals surface area contributed by atoms with Gasteiger partial charge in [-0.2, -0.15) is 0 Å². The van der Waals surface area contributed by atoms with Crippen LogP contribution in [0.1, 0.15) is 67.9 Å². The largest absolute Gasteiger partial charge is 0.484 e. The molecule has 0 heterocycles. The number of esters is 3. The number of aliphatic hydroxyl groups excluding tert-OH is 5. The number of carbonyl (C=O) groups is 6. The SMILES string of the molecule is CN(CC(O)C(O)C(O)C(O)CO)C(=O)COc1ccc(CC(CN(CC(=O)O)CC(=O)OC(C)(C)C)N(CCN(CC(=O)O)CC(=O)OC(C)(C)C)CC(=O)OC(C)(C)C)cc1. The molecule has 360 valence electrons. The molecule has 5 unspecified atom stereocenters. The fourth-order valence-corrected chi connectivity index (χ4v) is 6.00. The molecule has 21 heteroatoms. The highest BCUT2D eigenvalue weighted by molar-refractivity contribution is 5.77. The number of benzene rings is 1. The summed E-state index contributed by atoms with van der Waals surface area (Å²) in [6.07, 6.45) is -6.99. The van der Waals surface area contributed by atoms with Crippen LogP contribution in [0.5, 0.6) is 5.75 Å². The summed E-state index contributed by atoms with van der Waals surface area (Å²) in [6, 6.07) is 5.66. The molecule has 1 aromatic rings. The summed E-state index contributed by atoms with van der Waals surface area (Å²) in [5.41, 5.74) is -1.98. The maximum Gasteiger partial charge on any atom is 0.320 e. The van der Waals surface area contributed by atoms with Crippen LogP contribution < -0.4 is 4.74 Å². The Morgan fingerprint density at radius 1 is 0.603 bits per heavy atom. The van der Waals surface area contributed by atoms with Crippen LogP contribution in [0, 0.1) is 0 Å². The molecule has 0 saturated carbocycles. The fraction of sp³-hybridized carbons (Fsp3) is 0.714. The second-order valence-corrected chi connectivity index (χ2v) is 18.3. The van der Waals surface area contributed by atoms with Crippen LogP contribution >= 0.6 is 0 Å². The Morgan fingerprint density at radius 2 is 1.05 bits per heavy atom. The number of aliphatic carboxylic acids is 2. The van der Waals surface area contributed by atoms with Crippen LogP contribution in [0.15, 0.2) is 24.3 Å². The van der Waals surface area contributed by atoms with E-state index in [0.29, 0.717) is 5.56 Å². The maximum absolute atomic E-state index is 13.4. The highest BCUT2D eigenvalue weighted by atomic mass is 16.6. The van der Waals surface area contributed by atoms with Gasteiger partial charge in [-0.25, -0.2) is 0 Å². The fourth-order valence-electron chi connectivity index (χ4n) is 6.00. The molecule has 63 heavy (non-hydrogen) atoms. The average molecular weight is 903 g/mol. The number of rotatable bonds is 27. The summed E-state index contributed by atoms with van der Waals surface area (Å²) in [7, 11) is 1.32. The highest BCUT2D eigenvalue weighted by Gasteiger charge is 2.33. The van der Waals surface area contributed by atoms with Gasteiger partial charge >= 0.3 is 29.8 Å². The first-order valence-electron chi connectivity index (χ1n) is 20.4. The zero-order chi connectivity index (χ0) is 48.5. The molecule has 1 aromatic carbocycles. The second-order valence-electron chi connectivity index (χ2n) is 18.3. The number of nitrogens with zero attached hydrogens (tertiary/aromatic N) is 4. The van der Waals surface area contributed by atoms with E-state index in [9.17, 15) is 59.4 Å². The van der Waals surface area contributed by atoms with Gasteiger partial charge in [-0.15, -0.1) is 0 Å². The number of ether oxygens (including phenoxy) is 4. The zero-order valence-electron chi connectivity index (χ0n) is 38.2. The molecular weight excluding hydrogens is 832 g/mol. The molecule has 5 atom stereocenters. The van der Waals surface area contributed by atoms with Gasteiger partial charge in [0.2, 0.25) is 0 Å². The van der Waals surface area contributed by atoms with Crippen molar-refractivity contribution in [3.63, 3.8) is 0 Å². The van der Waals surface area contributed by atoms with Gasteiger partial charge in [-0.1, -0.05) is 12.1 Å². The molecular formula is C42H70N4O17. The van der Waals surface area contributed by atoms with Gasteiger partial charge in [0.1, 0.15) is 47.0 Å². The number of hydrogen-bond acceptors (Lipinski definition) is 18. The van der Waals surface area contributed by atoms with E-state index >= 15 is 0 Å². The van der Waals surface area contributed by atoms with Crippen LogP contribution in [0.3, 0.4) is 0 Å². The van der Waals surface area contributed by atoms with Gasteiger partial charge in [0, 0.05) is 39.3 Å². The monoisotopic (exact) mass is 902 g/mol. The van der Waals surface area contributed by atoms with E-state index in [-0.39, 0.29) is 38.3 Å². The van der Waals surface area contributed by atoms with Crippen molar-refractivity contribution in [2.24, 2.45) is 0 Å². The van der Waals surface area contributed by atoms with Crippen molar-refractivity contribution in [1.82, 2.24) is 19.6 Å². The maximum atomic E-state index is 13.4. The van der Waals surface area contributed by atoms with E-state index in [1.165, 1.54) is 16.8 Å². The Hall–Kier alpha value is -4.48. The van der Waals surface area contributed by atoms with Crippen LogP contribution in [-0.4, -0.2) is 218 Å². The van der Waals surface area contributed by atoms with Crippen molar-refractivity contribution in [3.05, 3.63) is 29.8 Å². The van der Waals surface area contributed by atoms with E-state index in [1.807, 2.05) is 0 Å². The predicted molar refractivity (Wildman–Crippen MR) is 225 cm³/mol. The van der Waals surface area contributed by atoms with Crippen molar-refractivity contribution in [1.29, 1.82) is 0 Å². The minimum atomic E-state index is -1.87. The van der Waals surface area contributed by atoms with Gasteiger partial charge in [0.25, 0.3) is 5.91 Å². The number of hydrogen-bond donors (Lipinski definition) is 7. The summed E-state index contributed by atoms with van der Waals surface area (Å²) in [4.78, 5) is 81.4. The van der Waals surface area contributed by atoms with E-state index in [4.69, 9.17) is 24.1 Å². The summed E-state index contributed by atoms with van der Waals surface area (Å²) in [5, 5.41) is 68.3. The van der Waals surface area contributed by atoms with E-state index < -0.39 is 129 Å². The Balaban J connectivity index is 3.53. The molecule has 21 nitrogen and oxygen atoms in total. The Labute approximate surface area is 369 Å². The van der Waals surface area contributed by atoms with Crippen LogP contribution in [0.4, 0.5) is 0 Å². The second kappa shape index (κ2) is 25.7. The third-order valence-electron chi connectivity index (χ3n) is 8.67. The lowest BCUT2D eigenvalue weighted by Crippen LogP contribution is -2.52. The summed E-state index contributed by atoms with van der Waals surface area (Å²) < 4.78 is 22.2. The van der Waals surface area contributed by atoms with Gasteiger partial charge in [0.05, 0.1) is 39.3 Å². The number of amides is 1. The van der Waals surface area contributed by atoms with Crippen LogP contribution in [0.25, 0.3) is 0 Å². The first kappa shape index (κ1) is 56.5. The lowest BCUT2D eigenvalue weighted by Gasteiger charge is -2.36. The molecule has 1 rings (SSSR count). The Bertz CT molecular complexity index is 1620. The summed E-state index contributed by atoms with van der Waals surface area (Å²) >= 11 is 0. The quantitative estimate of drug-likeness (QED) is 0.0410. The van der Waals surface area contributed by atoms with E-state index in [1.54, 1.807) is 91.5 Å². The van der Waals surface area contributed by atoms with Gasteiger partial charge in [-0.05, 0) is 86.4 Å². The Morgan fingerprint density at radius 3 is 1.51 bits per heavy atom. The van der Waals surface area contributed by atoms with Crippen molar-refractivity contribution < 1.29 is 83.5 Å². The van der Waals surface area contributed by atoms with Crippen molar-refractivity contribution >= 4 is 35.8 Å². The van der Waals surface area contributed by atoms with E-state index in [2.05, 4.69) is 0 Å². The molecule has 0 radical (unpaired) electrons. The summed E-state index contributed by atoms with van der Waals surface area (Å²) in [5.74, 6) is -4.86. The normalized spacial score (nSPS) is 14.7. The molecule has 0 fully saturated rings. The number of carbonyl (C=O) groups excluding carboxylic acids is 4. The van der Waals surface area contributed by atoms with Gasteiger partial charge in [-0.3, -0.25) is 43.5 Å². The van der Waals surface area contributed by atoms with E-state index in [0.717, 1.165) is 4.90 Å². The van der Waals surface area contributed by atoms with Crippen LogP contribution in [0.2, 0.25) is 0 Å². The number of likely N-dealkylation sites (N-methyl/N-ethyl adjacent to an activating group) is 1. The number of aliphatic hydroxyl groups is 5. The third-order valence-corrected chi connectivity index (χ3v) is 8.67. The van der Waals surface area contributed by atoms with Gasteiger partial charge in [0.15, 0.2) is 6.61 Å². The van der Waals surface area contributed by atoms with Crippen molar-refractivity contribution in [2.75, 3.05) is 79.2 Å². The topological polar surface area (TPSA) is 294 Å². The summed E-state index contributed by atoms with van der Waals surface area (Å²) in [6.45, 7) is 10.7. The minimum absolute atomic E-state index is 0.0309. The lowest BCUT2D eigenvalue weighted by atomic mass is 10.0. The van der Waals surface area contributed by atoms with Gasteiger partial charge < -0.3 is 59.6 Å². The van der Waals surface area contributed by atoms with Crippen molar-refractivity contribution in [2.45, 2.75) is 116 Å². The standard InChI is InChI=1S/C42H70N4O17/c1-40(2,3)61-35(55)22-44(20-33(51)52)15-16-46(24-37(57)63-42(7,8)9)28(18-45(21-34(53)54)23-36(56)62-41(4,5)6)17-27-11-13-29(14-12-27)60-26-32(50)43(10)19-30(48)38(58)39(59)31(49)25-47/h11-14,28,30-31,38-39,47-49,58-59H,15-26H2,1-10H3,(H,51,52)(H,53,54). The lowest BCUT2D eigenvalue weighted by molar-refractivity contribution is -0.159. The molecule has 1 amide bonds. The molecule has 0 aliphatic carbocycles. The molecule has 0 aliphatic rings. The first-order valence-corrected chi connectivity index (χ1v) is 20.4. The molecule has 0 saturated heterocycles. The average Bonchev–Trinajstić information content (AvgIpc) is 3.11. The smallest absolute Gasteiger partial charge is 0.320 e. The number of carboxylic acid groups (broad SMARTS) is 2. The minimum Gasteiger partial charge on any atom is -0.484 e. The third kappa shape index (κ3) is 24.8. The molecule has 7 N–H and O–H groups in total. The van der Waals surface area contributed by atoms with Crippen molar-refractivity contribution in [3.8, 4) is 5.75 Å². The molecule has 0 spiro atoms.